The summed E-state index contributed by atoms with van der Waals surface area (Å²) < 4.78 is 1.78. The van der Waals surface area contributed by atoms with Crippen LogP contribution >= 0.6 is 11.6 Å². The number of rotatable bonds is 4. The molecule has 2 fully saturated rings. The fourth-order valence-electron chi connectivity index (χ4n) is 4.49. The molecule has 30 heavy (non-hydrogen) atoms. The van der Waals surface area contributed by atoms with Crippen LogP contribution in [0.4, 0.5) is 5.82 Å². The third-order valence-electron chi connectivity index (χ3n) is 6.24. The van der Waals surface area contributed by atoms with Gasteiger partial charge in [-0.25, -0.2) is 0 Å². The number of hydrogen-bond acceptors (Lipinski definition) is 5. The number of halogens is 1. The summed E-state index contributed by atoms with van der Waals surface area (Å²) in [5.41, 5.74) is 1.62. The van der Waals surface area contributed by atoms with Gasteiger partial charge in [0.25, 0.3) is 0 Å². The summed E-state index contributed by atoms with van der Waals surface area (Å²) in [5, 5.41) is 17.3. The Morgan fingerprint density at radius 3 is 2.43 bits per heavy atom. The van der Waals surface area contributed by atoms with Gasteiger partial charge in [0.1, 0.15) is 5.82 Å². The van der Waals surface area contributed by atoms with Gasteiger partial charge in [0, 0.05) is 35.6 Å². The summed E-state index contributed by atoms with van der Waals surface area (Å²) in [7, 11) is 0. The number of carbonyl (C=O) groups excluding carboxylic acids is 1. The molecule has 0 radical (unpaired) electrons. The molecule has 1 saturated carbocycles. The van der Waals surface area contributed by atoms with Gasteiger partial charge >= 0.3 is 0 Å². The highest BCUT2D eigenvalue weighted by Crippen LogP contribution is 2.25. The van der Waals surface area contributed by atoms with Gasteiger partial charge < -0.3 is 10.2 Å². The molecule has 2 aromatic heterocycles. The SMILES string of the molecule is O=C(NC1CCCC1)C1CCN(c2ccc3nnc(-c4ccc(Cl)cc4)n3n2)CC1. The first-order chi connectivity index (χ1) is 14.7. The van der Waals surface area contributed by atoms with Crippen molar-refractivity contribution < 1.29 is 4.79 Å². The van der Waals surface area contributed by atoms with E-state index < -0.39 is 0 Å². The molecule has 0 bridgehead atoms. The molecule has 8 heteroatoms. The van der Waals surface area contributed by atoms with Crippen LogP contribution in [0.2, 0.25) is 5.02 Å². The van der Waals surface area contributed by atoms with Gasteiger partial charge in [0.05, 0.1) is 0 Å². The van der Waals surface area contributed by atoms with Crippen molar-refractivity contribution in [1.29, 1.82) is 0 Å². The number of piperidine rings is 1. The van der Waals surface area contributed by atoms with E-state index in [-0.39, 0.29) is 11.8 Å². The minimum Gasteiger partial charge on any atom is -0.355 e. The Kier molecular flexibility index (Phi) is 5.29. The fraction of sp³-hybridized carbons (Fsp3) is 0.455. The fourth-order valence-corrected chi connectivity index (χ4v) is 4.61. The molecule has 1 amide bonds. The summed E-state index contributed by atoms with van der Waals surface area (Å²) in [6, 6.07) is 11.8. The van der Waals surface area contributed by atoms with Crippen molar-refractivity contribution in [2.45, 2.75) is 44.6 Å². The Balaban J connectivity index is 1.29. The van der Waals surface area contributed by atoms with Crippen LogP contribution in [0.5, 0.6) is 0 Å². The molecule has 3 aromatic rings. The lowest BCUT2D eigenvalue weighted by atomic mass is 9.95. The lowest BCUT2D eigenvalue weighted by molar-refractivity contribution is -0.126. The molecule has 1 aliphatic heterocycles. The molecule has 0 unspecified atom stereocenters. The average Bonchev–Trinajstić information content (AvgIpc) is 3.44. The Labute approximate surface area is 180 Å². The van der Waals surface area contributed by atoms with E-state index >= 15 is 0 Å². The molecule has 1 saturated heterocycles. The lowest BCUT2D eigenvalue weighted by Crippen LogP contribution is -2.43. The second-order valence-electron chi connectivity index (χ2n) is 8.24. The van der Waals surface area contributed by atoms with E-state index in [1.165, 1.54) is 12.8 Å². The summed E-state index contributed by atoms with van der Waals surface area (Å²) in [4.78, 5) is 14.8. The highest BCUT2D eigenvalue weighted by Gasteiger charge is 2.28. The van der Waals surface area contributed by atoms with Gasteiger partial charge in [-0.3, -0.25) is 4.79 Å². The van der Waals surface area contributed by atoms with Crippen LogP contribution in [-0.2, 0) is 4.79 Å². The second-order valence-corrected chi connectivity index (χ2v) is 8.68. The number of aromatic nitrogens is 4. The quantitative estimate of drug-likeness (QED) is 0.690. The molecule has 1 aliphatic carbocycles. The van der Waals surface area contributed by atoms with Crippen LogP contribution in [0.3, 0.4) is 0 Å². The number of fused-ring (bicyclic) bond motifs is 1. The van der Waals surface area contributed by atoms with E-state index in [1.54, 1.807) is 4.52 Å². The summed E-state index contributed by atoms with van der Waals surface area (Å²) in [6.45, 7) is 1.64. The van der Waals surface area contributed by atoms with Gasteiger partial charge in [0.15, 0.2) is 11.5 Å². The zero-order valence-electron chi connectivity index (χ0n) is 16.8. The van der Waals surface area contributed by atoms with Crippen LogP contribution in [0.15, 0.2) is 36.4 Å². The zero-order chi connectivity index (χ0) is 20.5. The minimum atomic E-state index is 0.102. The van der Waals surface area contributed by atoms with Crippen molar-refractivity contribution in [3.05, 3.63) is 41.4 Å². The molecular weight excluding hydrogens is 400 g/mol. The van der Waals surface area contributed by atoms with Gasteiger partial charge in [0.2, 0.25) is 5.91 Å². The number of carbonyl (C=O) groups is 1. The van der Waals surface area contributed by atoms with Gasteiger partial charge in [-0.15, -0.1) is 15.3 Å². The third kappa shape index (κ3) is 3.86. The lowest BCUT2D eigenvalue weighted by Gasteiger charge is -2.32. The predicted octanol–water partition coefficient (Wildman–Crippen LogP) is 3.72. The second kappa shape index (κ2) is 8.22. The Hall–Kier alpha value is -2.67. The number of amides is 1. The monoisotopic (exact) mass is 424 g/mol. The van der Waals surface area contributed by atoms with Gasteiger partial charge in [-0.1, -0.05) is 24.4 Å². The van der Waals surface area contributed by atoms with Crippen molar-refractivity contribution >= 4 is 29.0 Å². The van der Waals surface area contributed by atoms with E-state index in [2.05, 4.69) is 20.4 Å². The van der Waals surface area contributed by atoms with Crippen LogP contribution in [0.1, 0.15) is 38.5 Å². The van der Waals surface area contributed by atoms with E-state index in [4.69, 9.17) is 16.7 Å². The highest BCUT2D eigenvalue weighted by atomic mass is 35.5. The molecule has 1 N–H and O–H groups in total. The highest BCUT2D eigenvalue weighted by molar-refractivity contribution is 6.30. The van der Waals surface area contributed by atoms with Crippen molar-refractivity contribution in [2.75, 3.05) is 18.0 Å². The Morgan fingerprint density at radius 1 is 0.967 bits per heavy atom. The van der Waals surface area contributed by atoms with E-state index in [9.17, 15) is 4.79 Å². The standard InChI is InChI=1S/C22H25ClN6O/c23-17-7-5-15(6-8-17)21-26-25-19-9-10-20(27-29(19)21)28-13-11-16(12-14-28)22(30)24-18-3-1-2-4-18/h5-10,16,18H,1-4,11-14H2,(H,24,30). The van der Waals surface area contributed by atoms with E-state index in [1.807, 2.05) is 36.4 Å². The first kappa shape index (κ1) is 19.3. The van der Waals surface area contributed by atoms with Gasteiger partial charge in [-0.2, -0.15) is 4.52 Å². The first-order valence-electron chi connectivity index (χ1n) is 10.7. The zero-order valence-corrected chi connectivity index (χ0v) is 17.6. The Morgan fingerprint density at radius 2 is 1.70 bits per heavy atom. The Bertz CT molecular complexity index is 1040. The number of benzene rings is 1. The first-order valence-corrected chi connectivity index (χ1v) is 11.1. The largest absolute Gasteiger partial charge is 0.355 e. The van der Waals surface area contributed by atoms with Crippen molar-refractivity contribution in [1.82, 2.24) is 25.1 Å². The smallest absolute Gasteiger partial charge is 0.223 e. The molecule has 0 atom stereocenters. The normalized spacial score (nSPS) is 18.2. The summed E-state index contributed by atoms with van der Waals surface area (Å²) in [5.74, 6) is 1.90. The van der Waals surface area contributed by atoms with Crippen LogP contribution in [0.25, 0.3) is 17.0 Å². The molecular formula is C22H25ClN6O. The van der Waals surface area contributed by atoms with E-state index in [0.29, 0.717) is 22.5 Å². The van der Waals surface area contributed by atoms with Crippen molar-refractivity contribution in [3.8, 4) is 11.4 Å². The van der Waals surface area contributed by atoms with Crippen molar-refractivity contribution in [3.63, 3.8) is 0 Å². The maximum absolute atomic E-state index is 12.6. The molecule has 156 valence electrons. The topological polar surface area (TPSA) is 75.4 Å². The predicted molar refractivity (Wildman–Crippen MR) is 117 cm³/mol. The maximum atomic E-state index is 12.6. The number of anilines is 1. The molecule has 2 aliphatic rings. The molecule has 5 rings (SSSR count). The van der Waals surface area contributed by atoms with Crippen LogP contribution in [0, 0.1) is 5.92 Å². The minimum absolute atomic E-state index is 0.102. The van der Waals surface area contributed by atoms with Crippen molar-refractivity contribution in [2.24, 2.45) is 5.92 Å². The number of nitrogens with zero attached hydrogens (tertiary/aromatic N) is 5. The molecule has 0 spiro atoms. The van der Waals surface area contributed by atoms with E-state index in [0.717, 1.165) is 50.2 Å². The summed E-state index contributed by atoms with van der Waals surface area (Å²) in [6.07, 6.45) is 6.43. The van der Waals surface area contributed by atoms with Crippen LogP contribution < -0.4 is 10.2 Å². The molecule has 7 nitrogen and oxygen atoms in total. The van der Waals surface area contributed by atoms with Gasteiger partial charge in [-0.05, 0) is 62.1 Å². The third-order valence-corrected chi connectivity index (χ3v) is 6.49. The molecule has 3 heterocycles. The average molecular weight is 425 g/mol. The van der Waals surface area contributed by atoms with Crippen LogP contribution in [-0.4, -0.2) is 44.8 Å². The number of hydrogen-bond donors (Lipinski definition) is 1. The number of nitrogens with one attached hydrogen (secondary N) is 1. The summed E-state index contributed by atoms with van der Waals surface area (Å²) >= 11 is 6.01. The molecule has 1 aromatic carbocycles. The maximum Gasteiger partial charge on any atom is 0.223 e.